The average Bonchev–Trinajstić information content (AvgIpc) is 2.28. The normalized spacial score (nSPS) is 10.2. The zero-order valence-corrected chi connectivity index (χ0v) is 9.00. The van der Waals surface area contributed by atoms with E-state index in [4.69, 9.17) is 17.4 Å². The highest BCUT2D eigenvalue weighted by Crippen LogP contribution is 2.24. The summed E-state index contributed by atoms with van der Waals surface area (Å²) in [6, 6.07) is 7.69. The Bertz CT molecular complexity index is 496. The van der Waals surface area contributed by atoms with Crippen LogP contribution in [0.1, 0.15) is 0 Å². The van der Waals surface area contributed by atoms with Gasteiger partial charge in [-0.05, 0) is 30.3 Å². The molecular formula is C11H9ClFN3. The topological polar surface area (TPSA) is 50.9 Å². The minimum atomic E-state index is -0.393. The lowest BCUT2D eigenvalue weighted by atomic mass is 10.1. The van der Waals surface area contributed by atoms with Crippen LogP contribution in [-0.2, 0) is 0 Å². The van der Waals surface area contributed by atoms with Crippen LogP contribution in [0.3, 0.4) is 0 Å². The Morgan fingerprint density at radius 3 is 2.75 bits per heavy atom. The highest BCUT2D eigenvalue weighted by atomic mass is 35.5. The average molecular weight is 238 g/mol. The fraction of sp³-hybridized carbons (Fsp3) is 0. The first-order valence-electron chi connectivity index (χ1n) is 4.58. The number of pyridine rings is 1. The van der Waals surface area contributed by atoms with Gasteiger partial charge in [-0.3, -0.25) is 10.8 Å². The van der Waals surface area contributed by atoms with Gasteiger partial charge in [-0.2, -0.15) is 0 Å². The SMILES string of the molecule is NNc1ccnc(-c2cc(F)cc(Cl)c2)c1. The van der Waals surface area contributed by atoms with Crippen LogP contribution in [0.5, 0.6) is 0 Å². The molecule has 1 heterocycles. The lowest BCUT2D eigenvalue weighted by Gasteiger charge is -2.04. The Kier molecular flexibility index (Phi) is 3.03. The molecule has 3 N–H and O–H groups in total. The third-order valence-electron chi connectivity index (χ3n) is 2.08. The number of aromatic nitrogens is 1. The van der Waals surface area contributed by atoms with Crippen LogP contribution >= 0.6 is 11.6 Å². The van der Waals surface area contributed by atoms with Crippen molar-refractivity contribution in [1.82, 2.24) is 4.98 Å². The number of hydrazine groups is 1. The third kappa shape index (κ3) is 2.29. The number of nitrogen functional groups attached to an aromatic ring is 1. The number of nitrogens with zero attached hydrogens (tertiary/aromatic N) is 1. The van der Waals surface area contributed by atoms with E-state index in [1.54, 1.807) is 24.4 Å². The van der Waals surface area contributed by atoms with Crippen LogP contribution in [0, 0.1) is 5.82 Å². The molecule has 0 unspecified atom stereocenters. The monoisotopic (exact) mass is 237 g/mol. The summed E-state index contributed by atoms with van der Waals surface area (Å²) < 4.78 is 13.1. The molecule has 1 aromatic heterocycles. The molecule has 0 aliphatic heterocycles. The molecule has 0 fully saturated rings. The molecule has 3 nitrogen and oxygen atoms in total. The van der Waals surface area contributed by atoms with Crippen LogP contribution in [-0.4, -0.2) is 4.98 Å². The summed E-state index contributed by atoms with van der Waals surface area (Å²) in [7, 11) is 0. The number of hydrogen-bond donors (Lipinski definition) is 2. The van der Waals surface area contributed by atoms with Gasteiger partial charge >= 0.3 is 0 Å². The molecule has 16 heavy (non-hydrogen) atoms. The number of hydrogen-bond acceptors (Lipinski definition) is 3. The standard InChI is InChI=1S/C11H9ClFN3/c12-8-3-7(4-9(13)5-8)11-6-10(16-14)1-2-15-11/h1-6H,14H2,(H,15,16). The molecule has 82 valence electrons. The summed E-state index contributed by atoms with van der Waals surface area (Å²) in [4.78, 5) is 4.12. The van der Waals surface area contributed by atoms with Crippen molar-refractivity contribution in [2.45, 2.75) is 0 Å². The van der Waals surface area contributed by atoms with Gasteiger partial charge < -0.3 is 5.43 Å². The maximum Gasteiger partial charge on any atom is 0.125 e. The van der Waals surface area contributed by atoms with Gasteiger partial charge in [0.25, 0.3) is 0 Å². The first kappa shape index (κ1) is 10.9. The van der Waals surface area contributed by atoms with Crippen LogP contribution < -0.4 is 11.3 Å². The van der Waals surface area contributed by atoms with Crippen molar-refractivity contribution in [1.29, 1.82) is 0 Å². The van der Waals surface area contributed by atoms with E-state index < -0.39 is 5.82 Å². The number of rotatable bonds is 2. The van der Waals surface area contributed by atoms with Crippen molar-refractivity contribution in [3.63, 3.8) is 0 Å². The summed E-state index contributed by atoms with van der Waals surface area (Å²) in [5, 5.41) is 0.336. The van der Waals surface area contributed by atoms with E-state index in [0.717, 1.165) is 0 Å². The molecule has 0 saturated heterocycles. The summed E-state index contributed by atoms with van der Waals surface area (Å²) in [6.45, 7) is 0. The molecule has 0 atom stereocenters. The molecule has 0 amide bonds. The number of benzene rings is 1. The van der Waals surface area contributed by atoms with Crippen molar-refractivity contribution in [3.8, 4) is 11.3 Å². The number of halogens is 2. The smallest absolute Gasteiger partial charge is 0.125 e. The van der Waals surface area contributed by atoms with Gasteiger partial charge in [-0.15, -0.1) is 0 Å². The first-order valence-corrected chi connectivity index (χ1v) is 4.96. The predicted molar refractivity (Wildman–Crippen MR) is 62.5 cm³/mol. The van der Waals surface area contributed by atoms with Crippen LogP contribution in [0.4, 0.5) is 10.1 Å². The molecule has 0 aliphatic rings. The molecule has 2 rings (SSSR count). The molecule has 1 aromatic carbocycles. The van der Waals surface area contributed by atoms with Crippen LogP contribution in [0.2, 0.25) is 5.02 Å². The van der Waals surface area contributed by atoms with Crippen molar-refractivity contribution in [2.75, 3.05) is 5.43 Å². The zero-order chi connectivity index (χ0) is 11.5. The molecule has 0 radical (unpaired) electrons. The van der Waals surface area contributed by atoms with Crippen LogP contribution in [0.15, 0.2) is 36.5 Å². The summed E-state index contributed by atoms with van der Waals surface area (Å²) >= 11 is 5.77. The van der Waals surface area contributed by atoms with Gasteiger partial charge in [0.2, 0.25) is 0 Å². The minimum absolute atomic E-state index is 0.336. The molecule has 0 bridgehead atoms. The maximum atomic E-state index is 13.1. The van der Waals surface area contributed by atoms with E-state index >= 15 is 0 Å². The number of anilines is 1. The van der Waals surface area contributed by atoms with Crippen molar-refractivity contribution in [2.24, 2.45) is 5.84 Å². The second-order valence-corrected chi connectivity index (χ2v) is 3.67. The minimum Gasteiger partial charge on any atom is -0.324 e. The van der Waals surface area contributed by atoms with Crippen molar-refractivity contribution in [3.05, 3.63) is 47.4 Å². The van der Waals surface area contributed by atoms with Gasteiger partial charge in [-0.25, -0.2) is 4.39 Å². The second-order valence-electron chi connectivity index (χ2n) is 3.23. The first-order chi connectivity index (χ1) is 7.69. The predicted octanol–water partition coefficient (Wildman–Crippen LogP) is 2.83. The van der Waals surface area contributed by atoms with Crippen LogP contribution in [0.25, 0.3) is 11.3 Å². The van der Waals surface area contributed by atoms with E-state index in [-0.39, 0.29) is 0 Å². The van der Waals surface area contributed by atoms with E-state index in [1.807, 2.05) is 0 Å². The lowest BCUT2D eigenvalue weighted by molar-refractivity contribution is 0.628. The highest BCUT2D eigenvalue weighted by molar-refractivity contribution is 6.30. The Morgan fingerprint density at radius 2 is 2.06 bits per heavy atom. The van der Waals surface area contributed by atoms with Crippen molar-refractivity contribution >= 4 is 17.3 Å². The largest absolute Gasteiger partial charge is 0.324 e. The number of nitrogens with two attached hydrogens (primary N) is 1. The fourth-order valence-electron chi connectivity index (χ4n) is 1.38. The Morgan fingerprint density at radius 1 is 1.25 bits per heavy atom. The molecular weight excluding hydrogens is 229 g/mol. The van der Waals surface area contributed by atoms with E-state index in [2.05, 4.69) is 10.4 Å². The van der Waals surface area contributed by atoms with Gasteiger partial charge in [0, 0.05) is 16.8 Å². The van der Waals surface area contributed by atoms with Gasteiger partial charge in [-0.1, -0.05) is 11.6 Å². The molecule has 0 aliphatic carbocycles. The van der Waals surface area contributed by atoms with E-state index in [0.29, 0.717) is 22.0 Å². The van der Waals surface area contributed by atoms with Crippen molar-refractivity contribution < 1.29 is 4.39 Å². The van der Waals surface area contributed by atoms with Gasteiger partial charge in [0.15, 0.2) is 0 Å². The molecule has 2 aromatic rings. The second kappa shape index (κ2) is 4.47. The Hall–Kier alpha value is -1.65. The van der Waals surface area contributed by atoms with E-state index in [1.165, 1.54) is 12.1 Å². The fourth-order valence-corrected chi connectivity index (χ4v) is 1.60. The summed E-state index contributed by atoms with van der Waals surface area (Å²) in [5.41, 5.74) is 4.42. The Labute approximate surface area is 97.0 Å². The molecule has 5 heteroatoms. The van der Waals surface area contributed by atoms with E-state index in [9.17, 15) is 4.39 Å². The van der Waals surface area contributed by atoms with Gasteiger partial charge in [0.05, 0.1) is 11.4 Å². The maximum absolute atomic E-state index is 13.1. The summed E-state index contributed by atoms with van der Waals surface area (Å²) in [6.07, 6.45) is 1.59. The number of nitrogens with one attached hydrogen (secondary N) is 1. The quantitative estimate of drug-likeness (QED) is 0.624. The third-order valence-corrected chi connectivity index (χ3v) is 2.30. The highest BCUT2D eigenvalue weighted by Gasteiger charge is 2.04. The molecule has 0 saturated carbocycles. The summed E-state index contributed by atoms with van der Waals surface area (Å²) in [5.74, 6) is 4.89. The van der Waals surface area contributed by atoms with Gasteiger partial charge in [0.1, 0.15) is 5.82 Å². The Balaban J connectivity index is 2.49. The lowest BCUT2D eigenvalue weighted by Crippen LogP contribution is -2.06. The zero-order valence-electron chi connectivity index (χ0n) is 8.24. The molecule has 0 spiro atoms.